The molecular weight excluding hydrogens is 292 g/mol. The van der Waals surface area contributed by atoms with E-state index >= 15 is 0 Å². The van der Waals surface area contributed by atoms with Gasteiger partial charge < -0.3 is 9.52 Å². The molecule has 0 bridgehead atoms. The van der Waals surface area contributed by atoms with Gasteiger partial charge in [0, 0.05) is 0 Å². The first-order valence-corrected chi connectivity index (χ1v) is 6.41. The number of nitrogens with zero attached hydrogens (tertiary/aromatic N) is 2. The van der Waals surface area contributed by atoms with Crippen molar-refractivity contribution in [2.24, 2.45) is 0 Å². The van der Waals surface area contributed by atoms with Gasteiger partial charge in [-0.2, -0.15) is 0 Å². The van der Waals surface area contributed by atoms with Crippen molar-refractivity contribution < 1.29 is 9.52 Å². The Morgan fingerprint density at radius 1 is 1.50 bits per heavy atom. The lowest BCUT2D eigenvalue weighted by Crippen LogP contribution is -2.02. The van der Waals surface area contributed by atoms with E-state index in [2.05, 4.69) is 25.5 Å². The highest BCUT2D eigenvalue weighted by Crippen LogP contribution is 2.34. The van der Waals surface area contributed by atoms with Crippen molar-refractivity contribution in [3.63, 3.8) is 0 Å². The van der Waals surface area contributed by atoms with Crippen LogP contribution in [0.15, 0.2) is 21.2 Å². The fourth-order valence-electron chi connectivity index (χ4n) is 1.41. The number of hydrogen-bond acceptors (Lipinski definition) is 5. The Bertz CT molecular complexity index is 481. The summed E-state index contributed by atoms with van der Waals surface area (Å²) in [5.41, 5.74) is 0.820. The molecule has 2 aromatic heterocycles. The first-order valence-electron chi connectivity index (χ1n) is 4.84. The molecule has 0 aliphatic carbocycles. The minimum atomic E-state index is -0.804. The summed E-state index contributed by atoms with van der Waals surface area (Å²) in [5.74, 6) is 0.727. The zero-order valence-electron chi connectivity index (χ0n) is 8.85. The highest BCUT2D eigenvalue weighted by Gasteiger charge is 2.24. The summed E-state index contributed by atoms with van der Waals surface area (Å²) in [6.07, 6.45) is 0.730. The smallest absolute Gasteiger partial charge is 0.151 e. The van der Waals surface area contributed by atoms with E-state index in [-0.39, 0.29) is 5.92 Å². The van der Waals surface area contributed by atoms with E-state index < -0.39 is 6.10 Å². The molecule has 1 N–H and O–H groups in total. The summed E-state index contributed by atoms with van der Waals surface area (Å²) >= 11 is 4.53. The summed E-state index contributed by atoms with van der Waals surface area (Å²) in [5, 5.41) is 14.2. The van der Waals surface area contributed by atoms with E-state index in [0.29, 0.717) is 5.76 Å². The van der Waals surface area contributed by atoms with Gasteiger partial charge in [-0.15, -0.1) is 5.10 Å². The summed E-state index contributed by atoms with van der Waals surface area (Å²) in [6.45, 7) is 4.04. The maximum Gasteiger partial charge on any atom is 0.151 e. The third-order valence-corrected chi connectivity index (χ3v) is 3.68. The number of rotatable bonds is 3. The molecule has 86 valence electrons. The second kappa shape index (κ2) is 4.65. The standard InChI is InChI=1S/C10H11BrN2O2S/c1-5(2)7-10(16-13-12-7)8(14)9-6(11)3-4-15-9/h3-5,8,14H,1-2H3. The Morgan fingerprint density at radius 3 is 2.81 bits per heavy atom. The van der Waals surface area contributed by atoms with Crippen LogP contribution in [-0.4, -0.2) is 14.7 Å². The molecule has 4 nitrogen and oxygen atoms in total. The van der Waals surface area contributed by atoms with Crippen LogP contribution in [0.5, 0.6) is 0 Å². The fraction of sp³-hybridized carbons (Fsp3) is 0.400. The minimum Gasteiger partial charge on any atom is -0.465 e. The van der Waals surface area contributed by atoms with E-state index in [1.807, 2.05) is 13.8 Å². The summed E-state index contributed by atoms with van der Waals surface area (Å²) in [7, 11) is 0. The van der Waals surface area contributed by atoms with Crippen molar-refractivity contribution in [2.75, 3.05) is 0 Å². The van der Waals surface area contributed by atoms with Crippen LogP contribution in [0.3, 0.4) is 0 Å². The van der Waals surface area contributed by atoms with E-state index in [1.54, 1.807) is 6.07 Å². The Balaban J connectivity index is 2.38. The molecule has 0 aliphatic rings. The monoisotopic (exact) mass is 302 g/mol. The third-order valence-electron chi connectivity index (χ3n) is 2.23. The topological polar surface area (TPSA) is 59.2 Å². The van der Waals surface area contributed by atoms with Crippen LogP contribution < -0.4 is 0 Å². The molecule has 0 amide bonds. The van der Waals surface area contributed by atoms with Crippen LogP contribution >= 0.6 is 27.5 Å². The Kier molecular flexibility index (Phi) is 3.41. The van der Waals surface area contributed by atoms with Crippen LogP contribution in [0.25, 0.3) is 0 Å². The molecule has 0 radical (unpaired) electrons. The molecule has 2 heterocycles. The first kappa shape index (κ1) is 11.8. The van der Waals surface area contributed by atoms with Crippen LogP contribution in [0, 0.1) is 0 Å². The van der Waals surface area contributed by atoms with Crippen molar-refractivity contribution in [3.05, 3.63) is 33.1 Å². The molecule has 2 rings (SSSR count). The van der Waals surface area contributed by atoms with Crippen LogP contribution in [-0.2, 0) is 0 Å². The molecule has 0 aromatic carbocycles. The highest BCUT2D eigenvalue weighted by atomic mass is 79.9. The molecule has 6 heteroatoms. The third kappa shape index (κ3) is 2.05. The molecule has 0 saturated carbocycles. The van der Waals surface area contributed by atoms with Crippen LogP contribution in [0.4, 0.5) is 0 Å². The van der Waals surface area contributed by atoms with Gasteiger partial charge in [0.1, 0.15) is 0 Å². The lowest BCUT2D eigenvalue weighted by atomic mass is 10.1. The zero-order chi connectivity index (χ0) is 11.7. The molecule has 2 aromatic rings. The minimum absolute atomic E-state index is 0.233. The predicted octanol–water partition coefficient (Wildman–Crippen LogP) is 3.10. The number of aliphatic hydroxyl groups is 1. The van der Waals surface area contributed by atoms with Gasteiger partial charge in [0.15, 0.2) is 11.9 Å². The number of aliphatic hydroxyl groups excluding tert-OH is 1. The lowest BCUT2D eigenvalue weighted by molar-refractivity contribution is 0.190. The highest BCUT2D eigenvalue weighted by molar-refractivity contribution is 9.10. The number of aromatic nitrogens is 2. The van der Waals surface area contributed by atoms with Crippen LogP contribution in [0.1, 0.15) is 42.2 Å². The van der Waals surface area contributed by atoms with E-state index in [9.17, 15) is 5.11 Å². The van der Waals surface area contributed by atoms with Gasteiger partial charge >= 0.3 is 0 Å². The van der Waals surface area contributed by atoms with Crippen molar-refractivity contribution in [2.45, 2.75) is 25.9 Å². The van der Waals surface area contributed by atoms with Gasteiger partial charge in [0.25, 0.3) is 0 Å². The fourth-order valence-corrected chi connectivity index (χ4v) is 2.63. The maximum absolute atomic E-state index is 10.2. The second-order valence-electron chi connectivity index (χ2n) is 3.71. The zero-order valence-corrected chi connectivity index (χ0v) is 11.2. The van der Waals surface area contributed by atoms with Crippen molar-refractivity contribution >= 4 is 27.5 Å². The average Bonchev–Trinajstić information content (AvgIpc) is 2.84. The van der Waals surface area contributed by atoms with Gasteiger partial charge in [-0.3, -0.25) is 0 Å². The SMILES string of the molecule is CC(C)c1nnsc1C(O)c1occc1Br. The average molecular weight is 303 g/mol. The quantitative estimate of drug-likeness (QED) is 0.946. The number of halogens is 1. The Morgan fingerprint density at radius 2 is 2.25 bits per heavy atom. The molecule has 0 spiro atoms. The Hall–Kier alpha value is -0.720. The maximum atomic E-state index is 10.2. The number of furan rings is 1. The predicted molar refractivity (Wildman–Crippen MR) is 64.5 cm³/mol. The van der Waals surface area contributed by atoms with E-state index in [0.717, 1.165) is 15.0 Å². The molecule has 0 fully saturated rings. The summed E-state index contributed by atoms with van der Waals surface area (Å²) < 4.78 is 9.87. The van der Waals surface area contributed by atoms with Gasteiger partial charge in [-0.25, -0.2) is 0 Å². The molecule has 0 aliphatic heterocycles. The molecule has 1 atom stereocenters. The van der Waals surface area contributed by atoms with Gasteiger partial charge in [-0.05, 0) is 39.4 Å². The van der Waals surface area contributed by atoms with Crippen molar-refractivity contribution in [1.29, 1.82) is 0 Å². The van der Waals surface area contributed by atoms with Crippen molar-refractivity contribution in [1.82, 2.24) is 9.59 Å². The lowest BCUT2D eigenvalue weighted by Gasteiger charge is -2.09. The molecule has 0 saturated heterocycles. The largest absolute Gasteiger partial charge is 0.465 e. The molecular formula is C10H11BrN2O2S. The van der Waals surface area contributed by atoms with Gasteiger partial charge in [0.2, 0.25) is 0 Å². The van der Waals surface area contributed by atoms with Crippen LogP contribution in [0.2, 0.25) is 0 Å². The van der Waals surface area contributed by atoms with E-state index in [1.165, 1.54) is 17.8 Å². The van der Waals surface area contributed by atoms with Gasteiger partial charge in [0.05, 0.1) is 21.3 Å². The second-order valence-corrected chi connectivity index (χ2v) is 5.35. The number of hydrogen-bond donors (Lipinski definition) is 1. The summed E-state index contributed by atoms with van der Waals surface area (Å²) in [4.78, 5) is 0.741. The molecule has 1 unspecified atom stereocenters. The van der Waals surface area contributed by atoms with Crippen molar-refractivity contribution in [3.8, 4) is 0 Å². The van der Waals surface area contributed by atoms with Gasteiger partial charge in [-0.1, -0.05) is 18.3 Å². The molecule has 16 heavy (non-hydrogen) atoms. The Labute approximate surface area is 106 Å². The summed E-state index contributed by atoms with van der Waals surface area (Å²) in [6, 6.07) is 1.75. The first-order chi connectivity index (χ1) is 7.61. The van der Waals surface area contributed by atoms with E-state index in [4.69, 9.17) is 4.42 Å². The normalized spacial score (nSPS) is 13.3.